The molecule has 1 aromatic carbocycles. The number of nitrogens with one attached hydrogen (secondary N) is 2. The molecule has 3 nitrogen and oxygen atoms in total. The molecule has 1 saturated carbocycles. The van der Waals surface area contributed by atoms with Crippen molar-refractivity contribution in [3.05, 3.63) is 33.6 Å². The summed E-state index contributed by atoms with van der Waals surface area (Å²) in [4.78, 5) is 11.5. The first kappa shape index (κ1) is 15.5. The molecule has 1 aromatic rings. The zero-order chi connectivity index (χ0) is 14.7. The Kier molecular flexibility index (Phi) is 5.24. The van der Waals surface area contributed by atoms with E-state index in [0.717, 1.165) is 12.8 Å². The number of halogens is 3. The monoisotopic (exact) mass is 318 g/mol. The highest BCUT2D eigenvalue weighted by atomic mass is 35.5. The molecule has 1 aliphatic rings. The molecule has 110 valence electrons. The second-order valence-electron chi connectivity index (χ2n) is 5.06. The van der Waals surface area contributed by atoms with Gasteiger partial charge in [-0.3, -0.25) is 4.79 Å². The largest absolute Gasteiger partial charge is 0.353 e. The minimum Gasteiger partial charge on any atom is -0.353 e. The normalized spacial score (nSPS) is 16.0. The minimum absolute atomic E-state index is 0.00904. The van der Waals surface area contributed by atoms with Gasteiger partial charge >= 0.3 is 0 Å². The van der Waals surface area contributed by atoms with E-state index in [1.54, 1.807) is 0 Å². The molecule has 0 aliphatic heterocycles. The summed E-state index contributed by atoms with van der Waals surface area (Å²) in [5, 5.41) is 6.49. The third kappa shape index (κ3) is 4.33. The second-order valence-corrected chi connectivity index (χ2v) is 5.87. The molecule has 2 rings (SSSR count). The highest BCUT2D eigenvalue weighted by Crippen LogP contribution is 2.28. The number of carbonyl (C=O) groups excluding carboxylic acids is 1. The molecule has 1 unspecified atom stereocenters. The van der Waals surface area contributed by atoms with Crippen molar-refractivity contribution in [1.29, 1.82) is 0 Å². The summed E-state index contributed by atoms with van der Waals surface area (Å²) in [6.45, 7) is 2.38. The van der Waals surface area contributed by atoms with Gasteiger partial charge in [-0.15, -0.1) is 0 Å². The van der Waals surface area contributed by atoms with Gasteiger partial charge in [0.1, 0.15) is 5.82 Å². The molecular weight excluding hydrogens is 302 g/mol. The van der Waals surface area contributed by atoms with Crippen molar-refractivity contribution < 1.29 is 9.18 Å². The molecule has 0 aromatic heterocycles. The van der Waals surface area contributed by atoms with Crippen LogP contribution in [-0.2, 0) is 4.79 Å². The third-order valence-electron chi connectivity index (χ3n) is 3.25. The first-order valence-electron chi connectivity index (χ1n) is 6.64. The van der Waals surface area contributed by atoms with Crippen LogP contribution in [0.3, 0.4) is 0 Å². The Balaban J connectivity index is 1.83. The zero-order valence-electron chi connectivity index (χ0n) is 11.2. The van der Waals surface area contributed by atoms with Gasteiger partial charge in [-0.1, -0.05) is 23.2 Å². The lowest BCUT2D eigenvalue weighted by atomic mass is 10.1. The Labute approximate surface area is 127 Å². The van der Waals surface area contributed by atoms with Gasteiger partial charge in [0.2, 0.25) is 5.91 Å². The van der Waals surface area contributed by atoms with Crippen molar-refractivity contribution in [2.75, 3.05) is 6.54 Å². The molecule has 0 saturated heterocycles. The number of hydrogen-bond acceptors (Lipinski definition) is 2. The molecule has 1 fully saturated rings. The first-order chi connectivity index (χ1) is 9.47. The summed E-state index contributed by atoms with van der Waals surface area (Å²) in [6.07, 6.45) is 2.55. The van der Waals surface area contributed by atoms with E-state index in [1.807, 2.05) is 6.92 Å². The first-order valence-corrected chi connectivity index (χ1v) is 7.40. The molecular formula is C14H17Cl2FN2O. The van der Waals surface area contributed by atoms with E-state index in [9.17, 15) is 9.18 Å². The molecule has 1 amide bonds. The third-order valence-corrected chi connectivity index (χ3v) is 3.87. The summed E-state index contributed by atoms with van der Waals surface area (Å²) in [6, 6.07) is 2.95. The van der Waals surface area contributed by atoms with Crippen LogP contribution in [-0.4, -0.2) is 18.5 Å². The van der Waals surface area contributed by atoms with E-state index in [2.05, 4.69) is 10.6 Å². The van der Waals surface area contributed by atoms with Gasteiger partial charge in [-0.25, -0.2) is 4.39 Å². The molecule has 0 radical (unpaired) electrons. The van der Waals surface area contributed by atoms with Crippen LogP contribution in [0, 0.1) is 5.82 Å². The van der Waals surface area contributed by atoms with Crippen LogP contribution in [0.5, 0.6) is 0 Å². The average Bonchev–Trinajstić information content (AvgIpc) is 3.17. The molecule has 0 heterocycles. The topological polar surface area (TPSA) is 41.1 Å². The van der Waals surface area contributed by atoms with E-state index >= 15 is 0 Å². The highest BCUT2D eigenvalue weighted by molar-refractivity contribution is 6.35. The lowest BCUT2D eigenvalue weighted by molar-refractivity contribution is -0.121. The molecule has 6 heteroatoms. The maximum Gasteiger partial charge on any atom is 0.221 e. The lowest BCUT2D eigenvalue weighted by Crippen LogP contribution is -2.30. The van der Waals surface area contributed by atoms with Gasteiger partial charge < -0.3 is 10.6 Å². The van der Waals surface area contributed by atoms with Gasteiger partial charge in [0.05, 0.1) is 5.02 Å². The van der Waals surface area contributed by atoms with Crippen molar-refractivity contribution in [2.45, 2.75) is 38.3 Å². The number of hydrogen-bond donors (Lipinski definition) is 2. The molecule has 0 spiro atoms. The zero-order valence-corrected chi connectivity index (χ0v) is 12.7. The van der Waals surface area contributed by atoms with E-state index in [-0.39, 0.29) is 17.0 Å². The summed E-state index contributed by atoms with van der Waals surface area (Å²) in [7, 11) is 0. The van der Waals surface area contributed by atoms with Gasteiger partial charge in [0.15, 0.2) is 0 Å². The predicted octanol–water partition coefficient (Wildman–Crippen LogP) is 3.45. The van der Waals surface area contributed by atoms with Crippen LogP contribution < -0.4 is 10.6 Å². The molecule has 1 atom stereocenters. The Morgan fingerprint density at radius 3 is 2.75 bits per heavy atom. The summed E-state index contributed by atoms with van der Waals surface area (Å²) >= 11 is 11.7. The van der Waals surface area contributed by atoms with E-state index in [0.29, 0.717) is 29.6 Å². The van der Waals surface area contributed by atoms with Crippen LogP contribution in [0.25, 0.3) is 0 Å². The van der Waals surface area contributed by atoms with Crippen molar-refractivity contribution in [1.82, 2.24) is 10.6 Å². The maximum absolute atomic E-state index is 13.4. The number of amides is 1. The van der Waals surface area contributed by atoms with Crippen molar-refractivity contribution in [2.24, 2.45) is 0 Å². The van der Waals surface area contributed by atoms with Crippen molar-refractivity contribution in [3.63, 3.8) is 0 Å². The Hall–Kier alpha value is -0.840. The van der Waals surface area contributed by atoms with Crippen molar-refractivity contribution in [3.8, 4) is 0 Å². The molecule has 0 bridgehead atoms. The summed E-state index contributed by atoms with van der Waals surface area (Å²) < 4.78 is 13.4. The summed E-state index contributed by atoms with van der Waals surface area (Å²) in [5.74, 6) is -0.452. The van der Waals surface area contributed by atoms with E-state index in [4.69, 9.17) is 23.2 Å². The SMILES string of the molecule is CC(NCCC(=O)NC1CC1)c1cc(F)c(Cl)cc1Cl. The minimum atomic E-state index is -0.494. The molecule has 20 heavy (non-hydrogen) atoms. The van der Waals surface area contributed by atoms with Gasteiger partial charge in [0, 0.05) is 30.1 Å². The molecule has 1 aliphatic carbocycles. The quantitative estimate of drug-likeness (QED) is 0.789. The van der Waals surface area contributed by atoms with Crippen LogP contribution >= 0.6 is 23.2 Å². The van der Waals surface area contributed by atoms with Crippen LogP contribution in [0.4, 0.5) is 4.39 Å². The Morgan fingerprint density at radius 2 is 2.10 bits per heavy atom. The smallest absolute Gasteiger partial charge is 0.221 e. The van der Waals surface area contributed by atoms with Crippen molar-refractivity contribution >= 4 is 29.1 Å². The fourth-order valence-electron chi connectivity index (χ4n) is 1.91. The van der Waals surface area contributed by atoms with Crippen LogP contribution in [0.15, 0.2) is 12.1 Å². The van der Waals surface area contributed by atoms with E-state index < -0.39 is 5.82 Å². The highest BCUT2D eigenvalue weighted by Gasteiger charge is 2.22. The van der Waals surface area contributed by atoms with Gasteiger partial charge in [0.25, 0.3) is 0 Å². The lowest BCUT2D eigenvalue weighted by Gasteiger charge is -2.16. The Bertz CT molecular complexity index is 506. The van der Waals surface area contributed by atoms with Crippen LogP contribution in [0.2, 0.25) is 10.0 Å². The number of rotatable bonds is 6. The second kappa shape index (κ2) is 6.74. The Morgan fingerprint density at radius 1 is 1.40 bits per heavy atom. The fraction of sp³-hybridized carbons (Fsp3) is 0.500. The van der Waals surface area contributed by atoms with Crippen LogP contribution in [0.1, 0.15) is 37.8 Å². The average molecular weight is 319 g/mol. The standard InChI is InChI=1S/C14H17Cl2FN2O/c1-8(10-6-13(17)12(16)7-11(10)15)18-5-4-14(20)19-9-2-3-9/h6-9,18H,2-5H2,1H3,(H,19,20). The molecule has 2 N–H and O–H groups in total. The summed E-state index contributed by atoms with van der Waals surface area (Å²) in [5.41, 5.74) is 0.635. The van der Waals surface area contributed by atoms with Gasteiger partial charge in [-0.05, 0) is 37.5 Å². The predicted molar refractivity (Wildman–Crippen MR) is 78.6 cm³/mol. The van der Waals surface area contributed by atoms with Gasteiger partial charge in [-0.2, -0.15) is 0 Å². The maximum atomic E-state index is 13.4. The number of benzene rings is 1. The number of carbonyl (C=O) groups is 1. The van der Waals surface area contributed by atoms with E-state index in [1.165, 1.54) is 12.1 Å². The fourth-order valence-corrected chi connectivity index (χ4v) is 2.46.